The Morgan fingerprint density at radius 2 is 1.78 bits per heavy atom. The molecule has 0 bridgehead atoms. The standard InChI is InChI=1S/C23H31N3O5S/c1-3-32(28,29)26-18-8-6-17(7-9-18)5-4-14-24-15-16-31-20-11-12-21(30-2)23-19(20)10-13-22(27)25-23/h6-9,11-12,24,26H,3-5,10,13-16H2,1-2H3,(H,25,27). The van der Waals surface area contributed by atoms with Gasteiger partial charge in [0.05, 0.1) is 18.6 Å². The fraction of sp³-hybridized carbons (Fsp3) is 0.435. The molecule has 2 aromatic rings. The van der Waals surface area contributed by atoms with Gasteiger partial charge in [-0.1, -0.05) is 12.1 Å². The molecule has 0 aliphatic carbocycles. The zero-order valence-corrected chi connectivity index (χ0v) is 19.4. The Morgan fingerprint density at radius 3 is 2.50 bits per heavy atom. The summed E-state index contributed by atoms with van der Waals surface area (Å²) in [5.41, 5.74) is 3.44. The van der Waals surface area contributed by atoms with E-state index in [1.165, 1.54) is 0 Å². The molecular weight excluding hydrogens is 430 g/mol. The van der Waals surface area contributed by atoms with Crippen molar-refractivity contribution in [1.82, 2.24) is 5.32 Å². The number of amides is 1. The van der Waals surface area contributed by atoms with Crippen molar-refractivity contribution in [3.63, 3.8) is 0 Å². The molecular formula is C23H31N3O5S. The van der Waals surface area contributed by atoms with Crippen LogP contribution in [0.3, 0.4) is 0 Å². The highest BCUT2D eigenvalue weighted by Gasteiger charge is 2.22. The summed E-state index contributed by atoms with van der Waals surface area (Å²) in [7, 11) is -1.66. The molecule has 0 atom stereocenters. The lowest BCUT2D eigenvalue weighted by molar-refractivity contribution is -0.116. The smallest absolute Gasteiger partial charge is 0.232 e. The van der Waals surface area contributed by atoms with Crippen molar-refractivity contribution in [2.24, 2.45) is 0 Å². The van der Waals surface area contributed by atoms with Crippen molar-refractivity contribution in [2.45, 2.75) is 32.6 Å². The van der Waals surface area contributed by atoms with Gasteiger partial charge in [-0.25, -0.2) is 8.42 Å². The van der Waals surface area contributed by atoms with Crippen LogP contribution in [0, 0.1) is 0 Å². The molecule has 9 heteroatoms. The maximum Gasteiger partial charge on any atom is 0.232 e. The molecule has 0 unspecified atom stereocenters. The highest BCUT2D eigenvalue weighted by molar-refractivity contribution is 7.92. The molecule has 1 aliphatic heterocycles. The minimum atomic E-state index is -3.24. The van der Waals surface area contributed by atoms with Gasteiger partial charge >= 0.3 is 0 Å². The molecule has 1 aliphatic rings. The number of sulfonamides is 1. The second kappa shape index (κ2) is 11.2. The first-order chi connectivity index (χ1) is 15.4. The Bertz CT molecular complexity index is 1020. The Balaban J connectivity index is 1.37. The predicted molar refractivity (Wildman–Crippen MR) is 126 cm³/mol. The second-order valence-corrected chi connectivity index (χ2v) is 9.58. The number of benzene rings is 2. The number of carbonyl (C=O) groups excluding carboxylic acids is 1. The molecule has 1 heterocycles. The predicted octanol–water partition coefficient (Wildman–Crippen LogP) is 2.94. The van der Waals surface area contributed by atoms with Crippen LogP contribution < -0.4 is 24.8 Å². The van der Waals surface area contributed by atoms with Gasteiger partial charge in [-0.05, 0) is 62.6 Å². The molecule has 1 amide bonds. The first-order valence-corrected chi connectivity index (χ1v) is 12.5. The van der Waals surface area contributed by atoms with Gasteiger partial charge in [0.1, 0.15) is 18.1 Å². The number of anilines is 2. The number of hydrogen-bond donors (Lipinski definition) is 3. The maximum atomic E-state index is 11.7. The summed E-state index contributed by atoms with van der Waals surface area (Å²) < 4.78 is 37.0. The van der Waals surface area contributed by atoms with Gasteiger partial charge in [-0.3, -0.25) is 9.52 Å². The molecule has 2 aromatic carbocycles. The lowest BCUT2D eigenvalue weighted by Gasteiger charge is -2.22. The first-order valence-electron chi connectivity index (χ1n) is 10.8. The monoisotopic (exact) mass is 461 g/mol. The molecule has 3 rings (SSSR count). The van der Waals surface area contributed by atoms with Crippen LogP contribution in [0.1, 0.15) is 30.9 Å². The van der Waals surface area contributed by atoms with Crippen molar-refractivity contribution in [3.05, 3.63) is 47.5 Å². The number of hydrogen-bond acceptors (Lipinski definition) is 6. The molecule has 3 N–H and O–H groups in total. The zero-order chi connectivity index (χ0) is 23.0. The van der Waals surface area contributed by atoms with E-state index in [1.54, 1.807) is 26.2 Å². The quantitative estimate of drug-likeness (QED) is 0.420. The van der Waals surface area contributed by atoms with E-state index in [-0.39, 0.29) is 11.7 Å². The first kappa shape index (κ1) is 23.9. The summed E-state index contributed by atoms with van der Waals surface area (Å²) >= 11 is 0. The molecule has 174 valence electrons. The summed E-state index contributed by atoms with van der Waals surface area (Å²) in [5, 5.41) is 6.25. The third-order valence-electron chi connectivity index (χ3n) is 5.28. The lowest BCUT2D eigenvalue weighted by Crippen LogP contribution is -2.24. The molecule has 0 saturated heterocycles. The minimum absolute atomic E-state index is 0.00786. The Labute approximate surface area is 189 Å². The van der Waals surface area contributed by atoms with Gasteiger partial charge < -0.3 is 20.1 Å². The highest BCUT2D eigenvalue weighted by Crippen LogP contribution is 2.38. The van der Waals surface area contributed by atoms with Crippen molar-refractivity contribution in [1.29, 1.82) is 0 Å². The summed E-state index contributed by atoms with van der Waals surface area (Å²) in [4.78, 5) is 11.7. The van der Waals surface area contributed by atoms with Crippen molar-refractivity contribution < 1.29 is 22.7 Å². The topological polar surface area (TPSA) is 106 Å². The molecule has 8 nitrogen and oxygen atoms in total. The van der Waals surface area contributed by atoms with Gasteiger partial charge in [0.15, 0.2) is 0 Å². The van der Waals surface area contributed by atoms with E-state index in [0.717, 1.165) is 36.3 Å². The number of methoxy groups -OCH3 is 1. The number of aryl methyl sites for hydroxylation is 1. The van der Waals surface area contributed by atoms with E-state index < -0.39 is 10.0 Å². The van der Waals surface area contributed by atoms with Crippen LogP contribution in [0.5, 0.6) is 11.5 Å². The van der Waals surface area contributed by atoms with Gasteiger partial charge in [0.2, 0.25) is 15.9 Å². The fourth-order valence-electron chi connectivity index (χ4n) is 3.51. The normalized spacial score (nSPS) is 13.2. The van der Waals surface area contributed by atoms with Gasteiger partial charge in [-0.2, -0.15) is 0 Å². The van der Waals surface area contributed by atoms with Gasteiger partial charge in [0.25, 0.3) is 0 Å². The molecule has 0 aromatic heterocycles. The number of nitrogens with one attached hydrogen (secondary N) is 3. The van der Waals surface area contributed by atoms with E-state index in [9.17, 15) is 13.2 Å². The van der Waals surface area contributed by atoms with Crippen LogP contribution in [0.2, 0.25) is 0 Å². The van der Waals surface area contributed by atoms with Crippen molar-refractivity contribution >= 4 is 27.3 Å². The molecule has 0 spiro atoms. The van der Waals surface area contributed by atoms with Crippen molar-refractivity contribution in [3.8, 4) is 11.5 Å². The van der Waals surface area contributed by atoms with Crippen LogP contribution in [-0.4, -0.2) is 46.9 Å². The van der Waals surface area contributed by atoms with Crippen LogP contribution >= 0.6 is 0 Å². The molecule has 0 saturated carbocycles. The maximum absolute atomic E-state index is 11.7. The van der Waals surface area contributed by atoms with Crippen LogP contribution in [-0.2, 0) is 27.7 Å². The summed E-state index contributed by atoms with van der Waals surface area (Å²) in [6.07, 6.45) is 2.95. The number of rotatable bonds is 12. The summed E-state index contributed by atoms with van der Waals surface area (Å²) in [6.45, 7) is 3.70. The SMILES string of the molecule is CCS(=O)(=O)Nc1ccc(CCCNCCOc2ccc(OC)c3c2CCC(=O)N3)cc1. The molecule has 0 radical (unpaired) electrons. The second-order valence-electron chi connectivity index (χ2n) is 7.57. The van der Waals surface area contributed by atoms with E-state index in [0.29, 0.717) is 43.1 Å². The summed E-state index contributed by atoms with van der Waals surface area (Å²) in [5.74, 6) is 1.48. The minimum Gasteiger partial charge on any atom is -0.495 e. The van der Waals surface area contributed by atoms with Crippen LogP contribution in [0.15, 0.2) is 36.4 Å². The fourth-order valence-corrected chi connectivity index (χ4v) is 4.14. The lowest BCUT2D eigenvalue weighted by atomic mass is 10.0. The van der Waals surface area contributed by atoms with Crippen molar-refractivity contribution in [2.75, 3.05) is 42.6 Å². The summed E-state index contributed by atoms with van der Waals surface area (Å²) in [6, 6.07) is 11.2. The third-order valence-corrected chi connectivity index (χ3v) is 6.59. The number of carbonyl (C=O) groups is 1. The van der Waals surface area contributed by atoms with Crippen LogP contribution in [0.4, 0.5) is 11.4 Å². The zero-order valence-electron chi connectivity index (χ0n) is 18.6. The van der Waals surface area contributed by atoms with Gasteiger partial charge in [-0.15, -0.1) is 0 Å². The largest absolute Gasteiger partial charge is 0.495 e. The number of fused-ring (bicyclic) bond motifs is 1. The Hall–Kier alpha value is -2.78. The van der Waals surface area contributed by atoms with E-state index in [4.69, 9.17) is 9.47 Å². The van der Waals surface area contributed by atoms with Crippen LogP contribution in [0.25, 0.3) is 0 Å². The Kier molecular flexibility index (Phi) is 8.35. The van der Waals surface area contributed by atoms with E-state index in [1.807, 2.05) is 24.3 Å². The highest BCUT2D eigenvalue weighted by atomic mass is 32.2. The molecule has 0 fully saturated rings. The average Bonchev–Trinajstić information content (AvgIpc) is 2.79. The van der Waals surface area contributed by atoms with Gasteiger partial charge in [0, 0.05) is 24.2 Å². The average molecular weight is 462 g/mol. The molecule has 32 heavy (non-hydrogen) atoms. The third kappa shape index (κ3) is 6.61. The van der Waals surface area contributed by atoms with E-state index >= 15 is 0 Å². The Morgan fingerprint density at radius 1 is 1.03 bits per heavy atom. The number of ether oxygens (including phenoxy) is 2. The van der Waals surface area contributed by atoms with E-state index in [2.05, 4.69) is 15.4 Å².